The van der Waals surface area contributed by atoms with Crippen molar-refractivity contribution in [2.45, 2.75) is 24.8 Å². The van der Waals surface area contributed by atoms with Crippen molar-refractivity contribution in [1.82, 2.24) is 14.5 Å². The van der Waals surface area contributed by atoms with Gasteiger partial charge in [-0.1, -0.05) is 32.0 Å². The molecule has 0 bridgehead atoms. The highest BCUT2D eigenvalue weighted by Gasteiger charge is 2.21. The molecular formula is C21H29N3O3S2. The first-order valence-electron chi connectivity index (χ1n) is 9.55. The Kier molecular flexibility index (Phi) is 8.58. The van der Waals surface area contributed by atoms with Crippen LogP contribution in [0.4, 0.5) is 0 Å². The number of sulfonamides is 1. The lowest BCUT2D eigenvalue weighted by atomic mass is 10.2. The summed E-state index contributed by atoms with van der Waals surface area (Å²) >= 11 is 1.67. The Bertz CT molecular complexity index is 901. The van der Waals surface area contributed by atoms with Crippen LogP contribution in [-0.2, 0) is 14.8 Å². The van der Waals surface area contributed by atoms with Crippen LogP contribution in [0.5, 0.6) is 0 Å². The zero-order valence-electron chi connectivity index (χ0n) is 17.3. The van der Waals surface area contributed by atoms with Gasteiger partial charge in [0.2, 0.25) is 15.9 Å². The fourth-order valence-corrected chi connectivity index (χ4v) is 5.29. The number of thiophene rings is 1. The Morgan fingerprint density at radius 3 is 2.31 bits per heavy atom. The summed E-state index contributed by atoms with van der Waals surface area (Å²) in [4.78, 5) is 15.7. The summed E-state index contributed by atoms with van der Waals surface area (Å²) in [6.45, 7) is 5.00. The van der Waals surface area contributed by atoms with Crippen LogP contribution in [0.2, 0.25) is 0 Å². The van der Waals surface area contributed by atoms with Crippen molar-refractivity contribution in [2.24, 2.45) is 0 Å². The van der Waals surface area contributed by atoms with Crippen LogP contribution >= 0.6 is 11.3 Å². The molecule has 6 nitrogen and oxygen atoms in total. The molecule has 8 heteroatoms. The lowest BCUT2D eigenvalue weighted by Gasteiger charge is -2.23. The van der Waals surface area contributed by atoms with Gasteiger partial charge >= 0.3 is 0 Å². The Hall–Kier alpha value is -2.00. The number of carbonyl (C=O) groups excluding carboxylic acids is 1. The second-order valence-electron chi connectivity index (χ2n) is 6.73. The first-order chi connectivity index (χ1) is 13.8. The number of nitrogens with zero attached hydrogens (tertiary/aromatic N) is 2. The van der Waals surface area contributed by atoms with Crippen molar-refractivity contribution in [1.29, 1.82) is 0 Å². The minimum Gasteiger partial charge on any atom is -0.351 e. The fraction of sp³-hybridized carbons (Fsp3) is 0.381. The molecule has 2 rings (SSSR count). The zero-order valence-corrected chi connectivity index (χ0v) is 19.0. The first kappa shape index (κ1) is 23.3. The van der Waals surface area contributed by atoms with E-state index in [1.54, 1.807) is 41.7 Å². The normalized spacial score (nSPS) is 13.3. The van der Waals surface area contributed by atoms with Gasteiger partial charge in [-0.3, -0.25) is 4.79 Å². The largest absolute Gasteiger partial charge is 0.351 e. The van der Waals surface area contributed by atoms with Crippen LogP contribution in [0.1, 0.15) is 30.3 Å². The molecule has 1 heterocycles. The van der Waals surface area contributed by atoms with Crippen LogP contribution in [-0.4, -0.2) is 57.3 Å². The summed E-state index contributed by atoms with van der Waals surface area (Å²) < 4.78 is 26.4. The monoisotopic (exact) mass is 435 g/mol. The van der Waals surface area contributed by atoms with Crippen molar-refractivity contribution >= 4 is 33.3 Å². The molecule has 0 aliphatic rings. The van der Waals surface area contributed by atoms with E-state index in [-0.39, 0.29) is 16.8 Å². The van der Waals surface area contributed by atoms with Crippen LogP contribution in [0.3, 0.4) is 0 Å². The molecule has 1 amide bonds. The quantitative estimate of drug-likeness (QED) is 0.582. The summed E-state index contributed by atoms with van der Waals surface area (Å²) in [6.07, 6.45) is 3.15. The highest BCUT2D eigenvalue weighted by Crippen LogP contribution is 2.22. The van der Waals surface area contributed by atoms with E-state index in [0.29, 0.717) is 19.6 Å². The third-order valence-corrected chi connectivity index (χ3v) is 7.65. The molecule has 0 aliphatic heterocycles. The topological polar surface area (TPSA) is 69.7 Å². The summed E-state index contributed by atoms with van der Waals surface area (Å²) in [5.74, 6) is -0.187. The Balaban J connectivity index is 1.98. The molecule has 1 aromatic carbocycles. The highest BCUT2D eigenvalue weighted by molar-refractivity contribution is 7.89. The lowest BCUT2D eigenvalue weighted by Crippen LogP contribution is -2.33. The van der Waals surface area contributed by atoms with Crippen molar-refractivity contribution in [3.8, 4) is 0 Å². The van der Waals surface area contributed by atoms with Crippen LogP contribution in [0.25, 0.3) is 6.08 Å². The molecule has 0 aliphatic carbocycles. The smallest absolute Gasteiger partial charge is 0.244 e. The van der Waals surface area contributed by atoms with Gasteiger partial charge in [0.1, 0.15) is 0 Å². The van der Waals surface area contributed by atoms with E-state index >= 15 is 0 Å². The Labute approximate surface area is 177 Å². The zero-order chi connectivity index (χ0) is 21.4. The fourth-order valence-electron chi connectivity index (χ4n) is 2.91. The van der Waals surface area contributed by atoms with Crippen molar-refractivity contribution < 1.29 is 13.2 Å². The molecule has 1 aromatic heterocycles. The molecule has 0 radical (unpaired) electrons. The Morgan fingerprint density at radius 1 is 1.14 bits per heavy atom. The van der Waals surface area contributed by atoms with Crippen molar-refractivity contribution in [3.63, 3.8) is 0 Å². The Morgan fingerprint density at radius 2 is 1.79 bits per heavy atom. The van der Waals surface area contributed by atoms with Gasteiger partial charge in [-0.25, -0.2) is 8.42 Å². The molecule has 0 saturated carbocycles. The number of hydrogen-bond acceptors (Lipinski definition) is 5. The predicted molar refractivity (Wildman–Crippen MR) is 119 cm³/mol. The van der Waals surface area contributed by atoms with Crippen LogP contribution < -0.4 is 5.32 Å². The summed E-state index contributed by atoms with van der Waals surface area (Å²) in [6, 6.07) is 10.7. The van der Waals surface area contributed by atoms with E-state index < -0.39 is 10.0 Å². The van der Waals surface area contributed by atoms with Gasteiger partial charge in [-0.15, -0.1) is 11.3 Å². The predicted octanol–water partition coefficient (Wildman–Crippen LogP) is 3.21. The van der Waals surface area contributed by atoms with E-state index in [2.05, 4.69) is 16.3 Å². The van der Waals surface area contributed by atoms with Crippen molar-refractivity contribution in [3.05, 3.63) is 58.3 Å². The van der Waals surface area contributed by atoms with E-state index in [9.17, 15) is 13.2 Å². The van der Waals surface area contributed by atoms with E-state index in [1.807, 2.05) is 39.4 Å². The summed E-state index contributed by atoms with van der Waals surface area (Å²) in [5.41, 5.74) is 0.765. The molecule has 2 aromatic rings. The minimum atomic E-state index is -3.47. The third-order valence-electron chi connectivity index (χ3n) is 4.62. The molecule has 0 fully saturated rings. The first-order valence-corrected chi connectivity index (χ1v) is 11.9. The van der Waals surface area contributed by atoms with Crippen molar-refractivity contribution in [2.75, 3.05) is 33.7 Å². The lowest BCUT2D eigenvalue weighted by molar-refractivity contribution is -0.116. The van der Waals surface area contributed by atoms with Gasteiger partial charge in [0.25, 0.3) is 0 Å². The number of nitrogens with one attached hydrogen (secondary N) is 1. The van der Waals surface area contributed by atoms with Crippen LogP contribution in [0.15, 0.2) is 52.7 Å². The number of carbonyl (C=O) groups is 1. The molecule has 0 spiro atoms. The molecular weight excluding hydrogens is 406 g/mol. The molecule has 1 N–H and O–H groups in total. The van der Waals surface area contributed by atoms with E-state index in [4.69, 9.17) is 0 Å². The maximum atomic E-state index is 12.5. The standard InChI is InChI=1S/C21H29N3O3S2/c1-5-24(6-2)29(26,27)18-12-9-17(10-13-18)11-14-21(25)22-16-19(23(3)4)20-8-7-15-28-20/h7-15,19H,5-6,16H2,1-4H3,(H,22,25)/b14-11+. The average molecular weight is 436 g/mol. The van der Waals surface area contributed by atoms with E-state index in [1.165, 1.54) is 15.3 Å². The molecule has 29 heavy (non-hydrogen) atoms. The minimum absolute atomic E-state index is 0.122. The maximum Gasteiger partial charge on any atom is 0.244 e. The third kappa shape index (κ3) is 6.24. The number of hydrogen-bond donors (Lipinski definition) is 1. The van der Waals surface area contributed by atoms with Gasteiger partial charge in [-0.2, -0.15) is 4.31 Å². The molecule has 1 atom stereocenters. The van der Waals surface area contributed by atoms with Gasteiger partial charge in [0.05, 0.1) is 10.9 Å². The van der Waals surface area contributed by atoms with Gasteiger partial charge in [-0.05, 0) is 49.3 Å². The van der Waals surface area contributed by atoms with E-state index in [0.717, 1.165) is 5.56 Å². The van der Waals surface area contributed by atoms with Gasteiger partial charge < -0.3 is 10.2 Å². The van der Waals surface area contributed by atoms with Gasteiger partial charge in [0.15, 0.2) is 0 Å². The summed E-state index contributed by atoms with van der Waals surface area (Å²) in [7, 11) is 0.502. The maximum absolute atomic E-state index is 12.5. The molecule has 158 valence electrons. The van der Waals surface area contributed by atoms with Crippen LogP contribution in [0, 0.1) is 0 Å². The molecule has 0 saturated heterocycles. The second kappa shape index (κ2) is 10.7. The number of amides is 1. The summed E-state index contributed by atoms with van der Waals surface area (Å²) in [5, 5.41) is 4.95. The van der Waals surface area contributed by atoms with Gasteiger partial charge in [0, 0.05) is 30.6 Å². The number of rotatable bonds is 10. The number of likely N-dealkylation sites (N-methyl/N-ethyl adjacent to an activating group) is 1. The second-order valence-corrected chi connectivity index (χ2v) is 9.65. The number of benzene rings is 1. The highest BCUT2D eigenvalue weighted by atomic mass is 32.2. The average Bonchev–Trinajstić information content (AvgIpc) is 3.21. The molecule has 1 unspecified atom stereocenters. The SMILES string of the molecule is CCN(CC)S(=O)(=O)c1ccc(/C=C/C(=O)NCC(c2cccs2)N(C)C)cc1.